The number of hydrogen-bond acceptors (Lipinski definition) is 3. The summed E-state index contributed by atoms with van der Waals surface area (Å²) in [6.45, 7) is 2.37. The maximum absolute atomic E-state index is 11.1. The lowest BCUT2D eigenvalue weighted by Crippen LogP contribution is -2.34. The lowest BCUT2D eigenvalue weighted by atomic mass is 10.1. The van der Waals surface area contributed by atoms with Crippen LogP contribution in [-0.4, -0.2) is 37.4 Å². The van der Waals surface area contributed by atoms with Crippen molar-refractivity contribution in [2.24, 2.45) is 5.73 Å². The van der Waals surface area contributed by atoms with Gasteiger partial charge in [0.15, 0.2) is 0 Å². The molecule has 3 heteroatoms. The van der Waals surface area contributed by atoms with E-state index >= 15 is 0 Å². The van der Waals surface area contributed by atoms with Crippen LogP contribution in [-0.2, 0) is 4.79 Å². The van der Waals surface area contributed by atoms with Crippen LogP contribution in [0.15, 0.2) is 0 Å². The summed E-state index contributed by atoms with van der Waals surface area (Å²) in [6, 6.07) is 0.0801. The summed E-state index contributed by atoms with van der Waals surface area (Å²) < 4.78 is 0. The van der Waals surface area contributed by atoms with Gasteiger partial charge in [0, 0.05) is 0 Å². The first-order chi connectivity index (χ1) is 5.59. The van der Waals surface area contributed by atoms with E-state index in [1.54, 1.807) is 6.92 Å². The second-order valence-electron chi connectivity index (χ2n) is 3.37. The second kappa shape index (κ2) is 6.14. The van der Waals surface area contributed by atoms with Gasteiger partial charge in [0.25, 0.3) is 0 Å². The fourth-order valence-electron chi connectivity index (χ4n) is 1.31. The van der Waals surface area contributed by atoms with Crippen molar-refractivity contribution >= 4 is 5.78 Å². The fourth-order valence-corrected chi connectivity index (χ4v) is 1.31. The second-order valence-corrected chi connectivity index (χ2v) is 3.37. The van der Waals surface area contributed by atoms with E-state index in [4.69, 9.17) is 5.73 Å². The molecule has 0 spiro atoms. The molecule has 0 unspecified atom stereocenters. The van der Waals surface area contributed by atoms with Gasteiger partial charge in [-0.1, -0.05) is 6.42 Å². The molecule has 0 aromatic carbocycles. The van der Waals surface area contributed by atoms with Crippen LogP contribution in [0, 0.1) is 0 Å². The zero-order chi connectivity index (χ0) is 9.56. The average molecular weight is 172 g/mol. The van der Waals surface area contributed by atoms with Crippen LogP contribution in [0.2, 0.25) is 0 Å². The van der Waals surface area contributed by atoms with Crippen LogP contribution in [0.1, 0.15) is 26.2 Å². The number of nitrogens with two attached hydrogens (primary N) is 1. The third-order valence-corrected chi connectivity index (χ3v) is 2.02. The molecule has 1 atom stereocenters. The first-order valence-electron chi connectivity index (χ1n) is 4.46. The summed E-state index contributed by atoms with van der Waals surface area (Å²) in [6.07, 6.45) is 2.98. The molecule has 0 aromatic rings. The highest BCUT2D eigenvalue weighted by atomic mass is 16.1. The van der Waals surface area contributed by atoms with Crippen molar-refractivity contribution in [3.05, 3.63) is 0 Å². The predicted octanol–water partition coefficient (Wildman–Crippen LogP) is 0.635. The molecule has 0 aliphatic carbocycles. The summed E-state index contributed by atoms with van der Waals surface area (Å²) in [7, 11) is 3.88. The summed E-state index contributed by atoms with van der Waals surface area (Å²) in [5.74, 6) is 0.247. The van der Waals surface area contributed by atoms with Crippen LogP contribution in [0.4, 0.5) is 0 Å². The zero-order valence-corrected chi connectivity index (χ0v) is 8.34. The maximum Gasteiger partial charge on any atom is 0.146 e. The molecule has 0 aliphatic rings. The minimum Gasteiger partial charge on any atom is -0.330 e. The highest BCUT2D eigenvalue weighted by Gasteiger charge is 2.14. The number of carbonyl (C=O) groups is 1. The van der Waals surface area contributed by atoms with Crippen LogP contribution in [0.25, 0.3) is 0 Å². The normalized spacial score (nSPS) is 13.4. The van der Waals surface area contributed by atoms with Gasteiger partial charge in [-0.3, -0.25) is 9.69 Å². The molecule has 0 fully saturated rings. The molecule has 0 saturated carbocycles. The van der Waals surface area contributed by atoms with E-state index in [0.717, 1.165) is 25.8 Å². The van der Waals surface area contributed by atoms with Gasteiger partial charge >= 0.3 is 0 Å². The minimum atomic E-state index is 0.0801. The Bertz CT molecular complexity index is 134. The summed E-state index contributed by atoms with van der Waals surface area (Å²) in [4.78, 5) is 13.1. The van der Waals surface area contributed by atoms with Crippen LogP contribution in [0.5, 0.6) is 0 Å². The van der Waals surface area contributed by atoms with Gasteiger partial charge in [-0.25, -0.2) is 0 Å². The number of unbranched alkanes of at least 4 members (excludes halogenated alkanes) is 1. The van der Waals surface area contributed by atoms with Crippen molar-refractivity contribution in [3.63, 3.8) is 0 Å². The quantitative estimate of drug-likeness (QED) is 0.598. The maximum atomic E-state index is 11.1. The first kappa shape index (κ1) is 11.6. The Balaban J connectivity index is 3.72. The molecule has 0 amide bonds. The van der Waals surface area contributed by atoms with E-state index in [0.29, 0.717) is 0 Å². The molecule has 3 nitrogen and oxygen atoms in total. The first-order valence-corrected chi connectivity index (χ1v) is 4.46. The SMILES string of the molecule is CC(=O)[C@H](CCCCN)N(C)C. The van der Waals surface area contributed by atoms with E-state index in [1.165, 1.54) is 0 Å². The predicted molar refractivity (Wildman–Crippen MR) is 51.1 cm³/mol. The van der Waals surface area contributed by atoms with Crippen molar-refractivity contribution in [2.75, 3.05) is 20.6 Å². The van der Waals surface area contributed by atoms with Gasteiger partial charge in [0.1, 0.15) is 5.78 Å². The molecule has 12 heavy (non-hydrogen) atoms. The molecule has 0 aliphatic heterocycles. The Kier molecular flexibility index (Phi) is 5.93. The Morgan fingerprint density at radius 3 is 2.33 bits per heavy atom. The number of likely N-dealkylation sites (N-methyl/N-ethyl adjacent to an activating group) is 1. The van der Waals surface area contributed by atoms with Crippen LogP contribution >= 0.6 is 0 Å². The summed E-state index contributed by atoms with van der Waals surface area (Å²) >= 11 is 0. The molecule has 72 valence electrons. The Morgan fingerprint density at radius 2 is 2.00 bits per heavy atom. The van der Waals surface area contributed by atoms with E-state index < -0.39 is 0 Å². The topological polar surface area (TPSA) is 46.3 Å². The smallest absolute Gasteiger partial charge is 0.146 e. The number of nitrogens with zero attached hydrogens (tertiary/aromatic N) is 1. The third-order valence-electron chi connectivity index (χ3n) is 2.02. The Labute approximate surface area is 74.9 Å². The van der Waals surface area contributed by atoms with Gasteiger partial charge in [-0.2, -0.15) is 0 Å². The molecular formula is C9H20N2O. The van der Waals surface area contributed by atoms with Crippen molar-refractivity contribution in [3.8, 4) is 0 Å². The Morgan fingerprint density at radius 1 is 1.42 bits per heavy atom. The highest BCUT2D eigenvalue weighted by molar-refractivity contribution is 5.81. The minimum absolute atomic E-state index is 0.0801. The number of rotatable bonds is 6. The monoisotopic (exact) mass is 172 g/mol. The standard InChI is InChI=1S/C9H20N2O/c1-8(12)9(11(2)3)6-4-5-7-10/h9H,4-7,10H2,1-3H3/t9-/m0/s1. The number of Topliss-reactive ketones (excluding diaryl/α,β-unsaturated/α-hetero) is 1. The van der Waals surface area contributed by atoms with E-state index in [2.05, 4.69) is 0 Å². The molecular weight excluding hydrogens is 152 g/mol. The van der Waals surface area contributed by atoms with Gasteiger partial charge in [0.2, 0.25) is 0 Å². The van der Waals surface area contributed by atoms with Crippen LogP contribution in [0.3, 0.4) is 0 Å². The van der Waals surface area contributed by atoms with Crippen LogP contribution < -0.4 is 5.73 Å². The average Bonchev–Trinajstić information content (AvgIpc) is 1.96. The lowest BCUT2D eigenvalue weighted by Gasteiger charge is -2.21. The number of ketones is 1. The summed E-state index contributed by atoms with van der Waals surface area (Å²) in [5.41, 5.74) is 5.37. The van der Waals surface area contributed by atoms with Crippen molar-refractivity contribution in [1.82, 2.24) is 4.90 Å². The van der Waals surface area contributed by atoms with Crippen molar-refractivity contribution in [1.29, 1.82) is 0 Å². The number of hydrogen-bond donors (Lipinski definition) is 1. The third kappa shape index (κ3) is 4.46. The van der Waals surface area contributed by atoms with Gasteiger partial charge in [-0.15, -0.1) is 0 Å². The van der Waals surface area contributed by atoms with E-state index in [1.807, 2.05) is 19.0 Å². The lowest BCUT2D eigenvalue weighted by molar-refractivity contribution is -0.121. The fraction of sp³-hybridized carbons (Fsp3) is 0.889. The molecule has 0 saturated heterocycles. The molecule has 0 radical (unpaired) electrons. The van der Waals surface area contributed by atoms with Gasteiger partial charge < -0.3 is 5.73 Å². The van der Waals surface area contributed by atoms with Crippen molar-refractivity contribution < 1.29 is 4.79 Å². The molecule has 0 aromatic heterocycles. The molecule has 0 heterocycles. The Hall–Kier alpha value is -0.410. The zero-order valence-electron chi connectivity index (χ0n) is 8.34. The molecule has 0 bridgehead atoms. The molecule has 0 rings (SSSR count). The largest absolute Gasteiger partial charge is 0.330 e. The molecule has 2 N–H and O–H groups in total. The van der Waals surface area contributed by atoms with Gasteiger partial charge in [-0.05, 0) is 40.4 Å². The van der Waals surface area contributed by atoms with E-state index in [9.17, 15) is 4.79 Å². The van der Waals surface area contributed by atoms with Crippen molar-refractivity contribution in [2.45, 2.75) is 32.2 Å². The van der Waals surface area contributed by atoms with Gasteiger partial charge in [0.05, 0.1) is 6.04 Å². The number of carbonyl (C=O) groups excluding carboxylic acids is 1. The highest BCUT2D eigenvalue weighted by Crippen LogP contribution is 2.06. The summed E-state index contributed by atoms with van der Waals surface area (Å²) in [5, 5.41) is 0. The van der Waals surface area contributed by atoms with E-state index in [-0.39, 0.29) is 11.8 Å².